The number of rotatable bonds is 6. The highest BCUT2D eigenvalue weighted by molar-refractivity contribution is 8.00. The quantitative estimate of drug-likeness (QED) is 0.343. The van der Waals surface area contributed by atoms with Crippen molar-refractivity contribution in [2.45, 2.75) is 36.5 Å². The van der Waals surface area contributed by atoms with Gasteiger partial charge in [-0.3, -0.25) is 19.3 Å². The molecule has 1 aromatic heterocycles. The lowest BCUT2D eigenvalue weighted by atomic mass is 9.68. The van der Waals surface area contributed by atoms with Crippen LogP contribution in [-0.4, -0.2) is 41.2 Å². The lowest BCUT2D eigenvalue weighted by molar-refractivity contribution is -0.145. The van der Waals surface area contributed by atoms with E-state index in [0.29, 0.717) is 18.0 Å². The number of esters is 1. The molecule has 1 saturated heterocycles. The second-order valence-corrected chi connectivity index (χ2v) is 13.2. The normalized spacial score (nSPS) is 29.8. The number of carbonyl (C=O) groups is 3. The minimum atomic E-state index is -0.424. The van der Waals surface area contributed by atoms with Gasteiger partial charge >= 0.3 is 10.8 Å². The second-order valence-electron chi connectivity index (χ2n) is 11.0. The average Bonchev–Trinajstić information content (AvgIpc) is 3.67. The Bertz CT molecular complexity index is 1560. The molecule has 8 nitrogen and oxygen atoms in total. The molecule has 0 radical (unpaired) electrons. The number of H-pyrrole nitrogens is 1. The molecule has 40 heavy (non-hydrogen) atoms. The van der Waals surface area contributed by atoms with Crippen LogP contribution in [-0.2, 0) is 19.1 Å². The fraction of sp³-hybridized carbons (Fsp3) is 0.400. The smallest absolute Gasteiger partial charge is 0.344 e. The van der Waals surface area contributed by atoms with Gasteiger partial charge in [-0.2, -0.15) is 0 Å². The maximum atomic E-state index is 13.8. The number of nitrogens with one attached hydrogen (secondary N) is 1. The number of thiazole rings is 1. The van der Waals surface area contributed by atoms with E-state index in [9.17, 15) is 19.2 Å². The van der Waals surface area contributed by atoms with Gasteiger partial charge < -0.3 is 14.5 Å². The number of anilines is 1. The van der Waals surface area contributed by atoms with Crippen LogP contribution in [0.15, 0.2) is 58.4 Å². The number of fused-ring (bicyclic) bond motifs is 9. The number of hydrogen-bond donors (Lipinski definition) is 1. The summed E-state index contributed by atoms with van der Waals surface area (Å²) in [6, 6.07) is 15.2. The molecule has 3 aromatic rings. The van der Waals surface area contributed by atoms with Crippen LogP contribution >= 0.6 is 23.1 Å². The first-order valence-corrected chi connectivity index (χ1v) is 15.3. The first-order valence-electron chi connectivity index (χ1n) is 13.6. The van der Waals surface area contributed by atoms with E-state index in [1.165, 1.54) is 16.2 Å². The Morgan fingerprint density at radius 1 is 1.00 bits per heavy atom. The minimum Gasteiger partial charge on any atom is -0.482 e. The Balaban J connectivity index is 1.22. The highest BCUT2D eigenvalue weighted by atomic mass is 32.2. The Morgan fingerprint density at radius 3 is 2.40 bits per heavy atom. The van der Waals surface area contributed by atoms with Gasteiger partial charge in [-0.05, 0) is 67.9 Å². The second kappa shape index (κ2) is 9.62. The van der Waals surface area contributed by atoms with Gasteiger partial charge in [0.15, 0.2) is 6.61 Å². The zero-order chi connectivity index (χ0) is 27.7. The maximum Gasteiger partial charge on any atom is 0.344 e. The SMILES string of the molecule is CCOC(=O)COc1ccc([C@H]2c3sc(=O)[nH]c3SC3C2[C@H]2C[C@@H]3C3C(=O)N(c4ccc(C)cc4)C(=O)C32)cc1. The van der Waals surface area contributed by atoms with Crippen molar-refractivity contribution in [3.63, 3.8) is 0 Å². The summed E-state index contributed by atoms with van der Waals surface area (Å²) < 4.78 is 10.5. The molecule has 7 rings (SSSR count). The first-order chi connectivity index (χ1) is 19.4. The number of imide groups is 1. The van der Waals surface area contributed by atoms with Crippen LogP contribution < -0.4 is 14.5 Å². The van der Waals surface area contributed by atoms with Crippen LogP contribution in [0.3, 0.4) is 0 Å². The van der Waals surface area contributed by atoms with Crippen molar-refractivity contribution in [1.82, 2.24) is 4.98 Å². The monoisotopic (exact) mass is 576 g/mol. The standard InChI is InChI=1S/C30H28N2O6S2/c1-3-37-20(33)13-38-17-10-6-15(7-11-17)21-22-18-12-19(25(22)39-27-26(21)40-30(36)31-27)24-23(18)28(34)32(29(24)35)16-8-4-14(2)5-9-16/h4-11,18-19,21-25H,3,12-13H2,1-2H3,(H,31,36)/t18-,19-,21-,22?,23?,24?,25?/m1/s1. The number of hydrogen-bond acceptors (Lipinski definition) is 8. The fourth-order valence-electron chi connectivity index (χ4n) is 7.45. The maximum absolute atomic E-state index is 13.8. The zero-order valence-electron chi connectivity index (χ0n) is 22.0. The highest BCUT2D eigenvalue weighted by Gasteiger charge is 2.69. The molecule has 0 spiro atoms. The topological polar surface area (TPSA) is 106 Å². The highest BCUT2D eigenvalue weighted by Crippen LogP contribution is 2.68. The summed E-state index contributed by atoms with van der Waals surface area (Å²) in [6.45, 7) is 3.86. The van der Waals surface area contributed by atoms with E-state index in [-0.39, 0.29) is 64.1 Å². The molecule has 2 aliphatic carbocycles. The average molecular weight is 577 g/mol. The number of thioether (sulfide) groups is 1. The largest absolute Gasteiger partial charge is 0.482 e. The van der Waals surface area contributed by atoms with Crippen LogP contribution in [0.4, 0.5) is 5.69 Å². The number of aromatic nitrogens is 1. The van der Waals surface area contributed by atoms with Gasteiger partial charge in [0, 0.05) is 16.0 Å². The Morgan fingerprint density at radius 2 is 1.70 bits per heavy atom. The van der Waals surface area contributed by atoms with Crippen molar-refractivity contribution in [3.05, 3.63) is 74.2 Å². The van der Waals surface area contributed by atoms with Crippen molar-refractivity contribution >= 4 is 46.6 Å². The molecule has 206 valence electrons. The first kappa shape index (κ1) is 25.6. The van der Waals surface area contributed by atoms with Gasteiger partial charge in [0.2, 0.25) is 11.8 Å². The molecule has 2 bridgehead atoms. The molecule has 2 saturated carbocycles. The molecule has 2 amide bonds. The summed E-state index contributed by atoms with van der Waals surface area (Å²) >= 11 is 2.91. The van der Waals surface area contributed by atoms with E-state index in [2.05, 4.69) is 4.98 Å². The number of aromatic amines is 1. The van der Waals surface area contributed by atoms with Crippen LogP contribution in [0, 0.1) is 36.5 Å². The van der Waals surface area contributed by atoms with Crippen LogP contribution in [0.25, 0.3) is 0 Å². The van der Waals surface area contributed by atoms with E-state index in [0.717, 1.165) is 27.5 Å². The summed E-state index contributed by atoms with van der Waals surface area (Å²) in [5.41, 5.74) is 2.75. The van der Waals surface area contributed by atoms with Crippen molar-refractivity contribution < 1.29 is 23.9 Å². The minimum absolute atomic E-state index is 0.0505. The third-order valence-electron chi connectivity index (χ3n) is 8.92. The summed E-state index contributed by atoms with van der Waals surface area (Å²) in [5, 5.41) is 1.00. The van der Waals surface area contributed by atoms with E-state index in [4.69, 9.17) is 9.47 Å². The molecule has 10 heteroatoms. The van der Waals surface area contributed by atoms with Gasteiger partial charge in [-0.1, -0.05) is 41.2 Å². The van der Waals surface area contributed by atoms with E-state index in [1.807, 2.05) is 55.5 Å². The van der Waals surface area contributed by atoms with Gasteiger partial charge in [0.05, 0.1) is 29.2 Å². The van der Waals surface area contributed by atoms with Crippen LogP contribution in [0.1, 0.15) is 35.3 Å². The number of carbonyl (C=O) groups excluding carboxylic acids is 3. The van der Waals surface area contributed by atoms with Crippen LogP contribution in [0.2, 0.25) is 0 Å². The molecule has 1 N–H and O–H groups in total. The third kappa shape index (κ3) is 3.87. The Hall–Kier alpha value is -3.37. The molecule has 3 fully saturated rings. The molecule has 2 aliphatic heterocycles. The molecule has 4 unspecified atom stereocenters. The fourth-order valence-corrected chi connectivity index (χ4v) is 10.3. The van der Waals surface area contributed by atoms with Gasteiger partial charge in [-0.25, -0.2) is 4.79 Å². The third-order valence-corrected chi connectivity index (χ3v) is 11.5. The summed E-state index contributed by atoms with van der Waals surface area (Å²) in [4.78, 5) is 57.1. The Labute approximate surface area is 239 Å². The van der Waals surface area contributed by atoms with E-state index >= 15 is 0 Å². The van der Waals surface area contributed by atoms with Crippen molar-refractivity contribution in [3.8, 4) is 5.75 Å². The predicted molar refractivity (Wildman–Crippen MR) is 151 cm³/mol. The summed E-state index contributed by atoms with van der Waals surface area (Å²) in [6.07, 6.45) is 0.841. The van der Waals surface area contributed by atoms with Gasteiger partial charge in [0.25, 0.3) is 0 Å². The zero-order valence-corrected chi connectivity index (χ0v) is 23.6. The van der Waals surface area contributed by atoms with Crippen LogP contribution in [0.5, 0.6) is 5.75 Å². The van der Waals surface area contributed by atoms with Crippen molar-refractivity contribution in [1.29, 1.82) is 0 Å². The predicted octanol–water partition coefficient (Wildman–Crippen LogP) is 4.36. The molecule has 2 aromatic carbocycles. The van der Waals surface area contributed by atoms with Gasteiger partial charge in [0.1, 0.15) is 5.75 Å². The summed E-state index contributed by atoms with van der Waals surface area (Å²) in [5.74, 6) is -0.539. The van der Waals surface area contributed by atoms with Crippen molar-refractivity contribution in [2.75, 3.05) is 18.1 Å². The number of nitrogens with zero attached hydrogens (tertiary/aromatic N) is 1. The van der Waals surface area contributed by atoms with E-state index in [1.54, 1.807) is 18.7 Å². The molecule has 4 aliphatic rings. The molecular weight excluding hydrogens is 548 g/mol. The lowest BCUT2D eigenvalue weighted by Gasteiger charge is -2.43. The summed E-state index contributed by atoms with van der Waals surface area (Å²) in [7, 11) is 0. The number of benzene rings is 2. The van der Waals surface area contributed by atoms with Crippen molar-refractivity contribution in [2.24, 2.45) is 29.6 Å². The number of ether oxygens (including phenoxy) is 2. The van der Waals surface area contributed by atoms with E-state index < -0.39 is 5.97 Å². The molecular formula is C30H28N2O6S2. The molecule has 3 heterocycles. The van der Waals surface area contributed by atoms with Gasteiger partial charge in [-0.15, -0.1) is 11.8 Å². The Kier molecular flexibility index (Phi) is 6.16. The lowest BCUT2D eigenvalue weighted by Crippen LogP contribution is -2.42. The number of aryl methyl sites for hydroxylation is 1. The molecule has 7 atom stereocenters. The number of amides is 2.